The molecule has 6 heteroatoms. The van der Waals surface area contributed by atoms with Crippen molar-refractivity contribution in [3.8, 4) is 5.75 Å². The van der Waals surface area contributed by atoms with Crippen molar-refractivity contribution < 1.29 is 23.4 Å². The van der Waals surface area contributed by atoms with Gasteiger partial charge in [0.2, 0.25) is 0 Å². The van der Waals surface area contributed by atoms with Gasteiger partial charge in [0, 0.05) is 24.2 Å². The van der Waals surface area contributed by atoms with Crippen LogP contribution in [0.25, 0.3) is 0 Å². The highest BCUT2D eigenvalue weighted by Gasteiger charge is 2.28. The Kier molecular flexibility index (Phi) is 5.13. The van der Waals surface area contributed by atoms with Crippen molar-refractivity contribution in [3.05, 3.63) is 29.1 Å². The van der Waals surface area contributed by atoms with Crippen LogP contribution in [-0.4, -0.2) is 37.4 Å². The normalized spacial score (nSPS) is 21.4. The maximum atomic E-state index is 13.8. The Balaban J connectivity index is 1.71. The first kappa shape index (κ1) is 16.2. The van der Waals surface area contributed by atoms with Crippen LogP contribution in [0.3, 0.4) is 0 Å². The number of benzene rings is 1. The van der Waals surface area contributed by atoms with E-state index in [0.29, 0.717) is 26.3 Å². The topological polar surface area (TPSA) is 48.0 Å². The zero-order chi connectivity index (χ0) is 16.2. The number of carbonyl (C=O) groups is 1. The Morgan fingerprint density at radius 3 is 3.17 bits per heavy atom. The number of esters is 1. The van der Waals surface area contributed by atoms with Gasteiger partial charge in [-0.3, -0.25) is 9.69 Å². The van der Waals surface area contributed by atoms with Crippen LogP contribution in [0.2, 0.25) is 0 Å². The molecule has 0 bridgehead atoms. The van der Waals surface area contributed by atoms with Crippen molar-refractivity contribution in [1.29, 1.82) is 0 Å². The van der Waals surface area contributed by atoms with Crippen LogP contribution in [0.4, 0.5) is 4.39 Å². The summed E-state index contributed by atoms with van der Waals surface area (Å²) in [5, 5.41) is 0. The van der Waals surface area contributed by atoms with Gasteiger partial charge in [-0.25, -0.2) is 4.39 Å². The van der Waals surface area contributed by atoms with Crippen LogP contribution in [0.1, 0.15) is 30.9 Å². The Bertz CT molecular complexity index is 578. The lowest BCUT2D eigenvalue weighted by atomic mass is 9.97. The predicted molar refractivity (Wildman–Crippen MR) is 81.3 cm³/mol. The Hall–Kier alpha value is -1.66. The molecule has 2 aliphatic rings. The summed E-state index contributed by atoms with van der Waals surface area (Å²) in [6.07, 6.45) is 1.78. The number of likely N-dealkylation sites (tertiary alicyclic amines) is 1. The molecule has 1 aromatic rings. The number of piperidine rings is 1. The molecule has 1 saturated heterocycles. The van der Waals surface area contributed by atoms with E-state index in [9.17, 15) is 9.18 Å². The molecule has 1 atom stereocenters. The lowest BCUT2D eigenvalue weighted by molar-refractivity contribution is -0.150. The summed E-state index contributed by atoms with van der Waals surface area (Å²) in [6, 6.07) is 2.97. The number of halogens is 1. The molecule has 2 aliphatic heterocycles. The van der Waals surface area contributed by atoms with Crippen LogP contribution in [0, 0.1) is 11.7 Å². The average Bonchev–Trinajstić information content (AvgIpc) is 2.55. The Morgan fingerprint density at radius 2 is 2.35 bits per heavy atom. The van der Waals surface area contributed by atoms with Gasteiger partial charge in [-0.2, -0.15) is 0 Å². The molecule has 0 unspecified atom stereocenters. The fraction of sp³-hybridized carbons (Fsp3) is 0.588. The van der Waals surface area contributed by atoms with E-state index in [1.54, 1.807) is 0 Å². The first-order valence-electron chi connectivity index (χ1n) is 8.08. The van der Waals surface area contributed by atoms with E-state index in [-0.39, 0.29) is 24.5 Å². The van der Waals surface area contributed by atoms with Gasteiger partial charge in [0.1, 0.15) is 11.6 Å². The molecule has 3 rings (SSSR count). The molecule has 0 saturated carbocycles. The zero-order valence-electron chi connectivity index (χ0n) is 13.3. The molecular formula is C17H22FNO4. The van der Waals surface area contributed by atoms with Crippen molar-refractivity contribution >= 4 is 5.97 Å². The summed E-state index contributed by atoms with van der Waals surface area (Å²) in [7, 11) is 0. The van der Waals surface area contributed by atoms with E-state index in [1.165, 1.54) is 12.1 Å². The Labute approximate surface area is 135 Å². The molecule has 0 radical (unpaired) electrons. The second kappa shape index (κ2) is 7.27. The van der Waals surface area contributed by atoms with Gasteiger partial charge < -0.3 is 14.2 Å². The quantitative estimate of drug-likeness (QED) is 0.797. The minimum atomic E-state index is -0.285. The predicted octanol–water partition coefficient (Wildman–Crippen LogP) is 2.47. The number of fused-ring (bicyclic) bond motifs is 1. The molecular weight excluding hydrogens is 301 g/mol. The summed E-state index contributed by atoms with van der Waals surface area (Å²) in [6.45, 7) is 4.87. The summed E-state index contributed by atoms with van der Waals surface area (Å²) in [4.78, 5) is 14.1. The molecule has 2 heterocycles. The molecule has 0 spiro atoms. The maximum Gasteiger partial charge on any atom is 0.310 e. The Morgan fingerprint density at radius 1 is 1.48 bits per heavy atom. The molecule has 0 aromatic heterocycles. The van der Waals surface area contributed by atoms with Gasteiger partial charge in [0.25, 0.3) is 0 Å². The van der Waals surface area contributed by atoms with Gasteiger partial charge in [-0.05, 0) is 38.4 Å². The number of carbonyl (C=O) groups excluding carboxylic acids is 1. The van der Waals surface area contributed by atoms with Crippen LogP contribution < -0.4 is 4.74 Å². The van der Waals surface area contributed by atoms with Crippen molar-refractivity contribution in [2.24, 2.45) is 5.92 Å². The molecule has 0 N–H and O–H groups in total. The summed E-state index contributed by atoms with van der Waals surface area (Å²) >= 11 is 0. The molecule has 1 fully saturated rings. The van der Waals surface area contributed by atoms with Gasteiger partial charge in [-0.15, -0.1) is 0 Å². The van der Waals surface area contributed by atoms with Crippen molar-refractivity contribution in [2.45, 2.75) is 32.9 Å². The van der Waals surface area contributed by atoms with E-state index in [0.717, 1.165) is 36.3 Å². The summed E-state index contributed by atoms with van der Waals surface area (Å²) in [5.74, 6) is 0.197. The second-order valence-electron chi connectivity index (χ2n) is 5.99. The summed E-state index contributed by atoms with van der Waals surface area (Å²) in [5.41, 5.74) is 1.55. The average molecular weight is 323 g/mol. The van der Waals surface area contributed by atoms with E-state index < -0.39 is 0 Å². The third-order valence-corrected chi connectivity index (χ3v) is 4.27. The lowest BCUT2D eigenvalue weighted by Gasteiger charge is -2.32. The van der Waals surface area contributed by atoms with Crippen molar-refractivity contribution in [3.63, 3.8) is 0 Å². The fourth-order valence-electron chi connectivity index (χ4n) is 3.27. The van der Waals surface area contributed by atoms with Gasteiger partial charge in [-0.1, -0.05) is 0 Å². The molecule has 126 valence electrons. The molecule has 5 nitrogen and oxygen atoms in total. The molecule has 0 amide bonds. The highest BCUT2D eigenvalue weighted by molar-refractivity contribution is 5.72. The first-order chi connectivity index (χ1) is 11.2. The molecule has 0 aliphatic carbocycles. The number of hydrogen-bond donors (Lipinski definition) is 0. The smallest absolute Gasteiger partial charge is 0.310 e. The number of nitrogens with zero attached hydrogens (tertiary/aromatic N) is 1. The minimum absolute atomic E-state index is 0.0997. The molecule has 23 heavy (non-hydrogen) atoms. The standard InChI is InChI=1S/C17H22FNO4/c1-2-22-17(20)12-4-3-5-19(8-12)9-13-6-15(18)7-14-10-21-11-23-16(13)14/h6-7,12H,2-5,8-11H2,1H3/t12-/m0/s1. The van der Waals surface area contributed by atoms with Gasteiger partial charge in [0.05, 0.1) is 19.1 Å². The third kappa shape index (κ3) is 3.82. The van der Waals surface area contributed by atoms with Gasteiger partial charge >= 0.3 is 5.97 Å². The number of ether oxygens (including phenoxy) is 3. The van der Waals surface area contributed by atoms with Crippen LogP contribution in [0.5, 0.6) is 5.75 Å². The second-order valence-corrected chi connectivity index (χ2v) is 5.99. The number of hydrogen-bond acceptors (Lipinski definition) is 5. The van der Waals surface area contributed by atoms with Crippen LogP contribution in [-0.2, 0) is 27.4 Å². The zero-order valence-corrected chi connectivity index (χ0v) is 13.3. The van der Waals surface area contributed by atoms with E-state index in [4.69, 9.17) is 14.2 Å². The maximum absolute atomic E-state index is 13.8. The first-order valence-corrected chi connectivity index (χ1v) is 8.08. The van der Waals surface area contributed by atoms with E-state index >= 15 is 0 Å². The SMILES string of the molecule is CCOC(=O)[C@H]1CCCN(Cc2cc(F)cc3c2OCOC3)C1. The van der Waals surface area contributed by atoms with E-state index in [1.807, 2.05) is 6.92 Å². The number of rotatable bonds is 4. The largest absolute Gasteiger partial charge is 0.467 e. The summed E-state index contributed by atoms with van der Waals surface area (Å²) < 4.78 is 29.7. The fourth-order valence-corrected chi connectivity index (χ4v) is 3.27. The van der Waals surface area contributed by atoms with Gasteiger partial charge in [0.15, 0.2) is 6.79 Å². The third-order valence-electron chi connectivity index (χ3n) is 4.27. The van der Waals surface area contributed by atoms with Crippen molar-refractivity contribution in [1.82, 2.24) is 4.90 Å². The van der Waals surface area contributed by atoms with Crippen molar-refractivity contribution in [2.75, 3.05) is 26.5 Å². The minimum Gasteiger partial charge on any atom is -0.467 e. The monoisotopic (exact) mass is 323 g/mol. The van der Waals surface area contributed by atoms with E-state index in [2.05, 4.69) is 4.90 Å². The van der Waals surface area contributed by atoms with Crippen LogP contribution >= 0.6 is 0 Å². The highest BCUT2D eigenvalue weighted by Crippen LogP contribution is 2.31. The highest BCUT2D eigenvalue weighted by atomic mass is 19.1. The lowest BCUT2D eigenvalue weighted by Crippen LogP contribution is -2.39. The van der Waals surface area contributed by atoms with Crippen LogP contribution in [0.15, 0.2) is 12.1 Å². The molecule has 1 aromatic carbocycles.